The molecule has 1 aliphatic carbocycles. The van der Waals surface area contributed by atoms with Gasteiger partial charge >= 0.3 is 0 Å². The van der Waals surface area contributed by atoms with Crippen molar-refractivity contribution >= 4 is 62.1 Å². The lowest BCUT2D eigenvalue weighted by Gasteiger charge is -2.39. The molecule has 42 heavy (non-hydrogen) atoms. The van der Waals surface area contributed by atoms with Crippen LogP contribution in [0.1, 0.15) is 24.1 Å². The average molecular weight is 537 g/mol. The fraction of sp³-hybridized carbons (Fsp3) is 0.105. The van der Waals surface area contributed by atoms with Gasteiger partial charge in [0.25, 0.3) is 6.71 Å². The second-order valence-electron chi connectivity index (χ2n) is 11.9. The standard InChI is InChI=1S/C38H28BN3/c1-3-13-25(14-4-1)40-33-23-12-24-34-35(33)39(30-20-11-19-28-27-17-7-9-21-31(27)42(34)36(28)30)38-37(40)29-18-8-10-22-32(29)41(38)26-15-5-2-6-16-26/h1-6,8,10-16,18-20,22-24H,7,9,17,21H2. The molecule has 0 bridgehead atoms. The van der Waals surface area contributed by atoms with Crippen LogP contribution in [0.4, 0.5) is 17.1 Å². The molecule has 4 heterocycles. The summed E-state index contributed by atoms with van der Waals surface area (Å²) in [5.41, 5.74) is 16.3. The highest BCUT2D eigenvalue weighted by atomic mass is 15.2. The van der Waals surface area contributed by atoms with Crippen molar-refractivity contribution in [3.8, 4) is 11.4 Å². The molecule has 198 valence electrons. The molecule has 0 radical (unpaired) electrons. The molecule has 10 rings (SSSR count). The van der Waals surface area contributed by atoms with Gasteiger partial charge in [0, 0.05) is 50.3 Å². The number of hydrogen-bond acceptors (Lipinski definition) is 1. The summed E-state index contributed by atoms with van der Waals surface area (Å²) in [6, 6.07) is 44.9. The molecular weight excluding hydrogens is 509 g/mol. The largest absolute Gasteiger partial charge is 0.319 e. The Morgan fingerprint density at radius 1 is 0.548 bits per heavy atom. The van der Waals surface area contributed by atoms with Crippen LogP contribution >= 0.6 is 0 Å². The predicted molar refractivity (Wildman–Crippen MR) is 176 cm³/mol. The van der Waals surface area contributed by atoms with E-state index in [1.807, 2.05) is 0 Å². The molecule has 0 amide bonds. The van der Waals surface area contributed by atoms with Gasteiger partial charge in [-0.3, -0.25) is 0 Å². The van der Waals surface area contributed by atoms with Crippen LogP contribution in [0.5, 0.6) is 0 Å². The van der Waals surface area contributed by atoms with Gasteiger partial charge in [-0.15, -0.1) is 0 Å². The fourth-order valence-electron chi connectivity index (χ4n) is 8.35. The number of anilines is 3. The summed E-state index contributed by atoms with van der Waals surface area (Å²) >= 11 is 0. The Labute approximate surface area is 245 Å². The van der Waals surface area contributed by atoms with Gasteiger partial charge in [-0.1, -0.05) is 78.9 Å². The summed E-state index contributed by atoms with van der Waals surface area (Å²) in [5, 5.41) is 2.73. The minimum atomic E-state index is 0.117. The van der Waals surface area contributed by atoms with Crippen LogP contribution in [0.3, 0.4) is 0 Å². The van der Waals surface area contributed by atoms with E-state index in [0.29, 0.717) is 0 Å². The maximum Gasteiger partial charge on any atom is 0.273 e. The van der Waals surface area contributed by atoms with Crippen LogP contribution in [0.2, 0.25) is 0 Å². The summed E-state index contributed by atoms with van der Waals surface area (Å²) in [6.45, 7) is 0.117. The van der Waals surface area contributed by atoms with Crippen molar-refractivity contribution in [2.75, 3.05) is 4.90 Å². The van der Waals surface area contributed by atoms with Gasteiger partial charge in [0.15, 0.2) is 0 Å². The summed E-state index contributed by atoms with van der Waals surface area (Å²) < 4.78 is 5.19. The van der Waals surface area contributed by atoms with Crippen molar-refractivity contribution in [1.29, 1.82) is 0 Å². The van der Waals surface area contributed by atoms with Crippen molar-refractivity contribution in [3.63, 3.8) is 0 Å². The third-order valence-corrected chi connectivity index (χ3v) is 9.88. The molecule has 7 aromatic rings. The van der Waals surface area contributed by atoms with E-state index < -0.39 is 0 Å². The van der Waals surface area contributed by atoms with Crippen LogP contribution in [0, 0.1) is 0 Å². The molecule has 0 fully saturated rings. The Morgan fingerprint density at radius 3 is 2.10 bits per heavy atom. The number of para-hydroxylation sites is 4. The van der Waals surface area contributed by atoms with Gasteiger partial charge in [-0.05, 0) is 84.6 Å². The first kappa shape index (κ1) is 22.7. The summed E-state index contributed by atoms with van der Waals surface area (Å²) in [7, 11) is 0. The monoisotopic (exact) mass is 537 g/mol. The first-order valence-electron chi connectivity index (χ1n) is 15.2. The Bertz CT molecular complexity index is 2210. The van der Waals surface area contributed by atoms with Crippen molar-refractivity contribution in [2.45, 2.75) is 25.7 Å². The lowest BCUT2D eigenvalue weighted by Crippen LogP contribution is -2.62. The summed E-state index contributed by atoms with van der Waals surface area (Å²) in [4.78, 5) is 2.54. The molecule has 0 N–H and O–H groups in total. The van der Waals surface area contributed by atoms with E-state index in [1.54, 1.807) is 5.56 Å². The smallest absolute Gasteiger partial charge is 0.273 e. The van der Waals surface area contributed by atoms with Crippen molar-refractivity contribution in [2.24, 2.45) is 0 Å². The van der Waals surface area contributed by atoms with Gasteiger partial charge in [0.1, 0.15) is 0 Å². The van der Waals surface area contributed by atoms with Gasteiger partial charge in [0.2, 0.25) is 0 Å². The second-order valence-corrected chi connectivity index (χ2v) is 11.9. The minimum absolute atomic E-state index is 0.117. The first-order chi connectivity index (χ1) is 20.9. The predicted octanol–water partition coefficient (Wildman–Crippen LogP) is 7.07. The highest BCUT2D eigenvalue weighted by molar-refractivity contribution is 7.00. The Balaban J connectivity index is 1.43. The van der Waals surface area contributed by atoms with E-state index >= 15 is 0 Å². The number of nitrogens with zero attached hydrogens (tertiary/aromatic N) is 3. The van der Waals surface area contributed by atoms with Crippen LogP contribution in [-0.2, 0) is 12.8 Å². The number of hydrogen-bond donors (Lipinski definition) is 0. The molecule has 2 aromatic heterocycles. The quantitative estimate of drug-likeness (QED) is 0.215. The molecule has 0 spiro atoms. The van der Waals surface area contributed by atoms with Crippen molar-refractivity contribution in [3.05, 3.63) is 133 Å². The molecule has 5 aromatic carbocycles. The molecule has 0 saturated carbocycles. The maximum absolute atomic E-state index is 2.65. The number of aryl methyl sites for hydroxylation is 1. The van der Waals surface area contributed by atoms with Gasteiger partial charge in [0.05, 0.1) is 11.2 Å². The van der Waals surface area contributed by atoms with Crippen LogP contribution in [0.25, 0.3) is 33.2 Å². The lowest BCUT2D eigenvalue weighted by molar-refractivity contribution is 0.667. The number of fused-ring (bicyclic) bond motifs is 9. The maximum atomic E-state index is 2.65. The topological polar surface area (TPSA) is 13.1 Å². The van der Waals surface area contributed by atoms with Crippen LogP contribution in [-0.4, -0.2) is 15.8 Å². The van der Waals surface area contributed by atoms with Gasteiger partial charge < -0.3 is 14.0 Å². The van der Waals surface area contributed by atoms with Crippen LogP contribution < -0.4 is 21.4 Å². The zero-order valence-corrected chi connectivity index (χ0v) is 23.3. The van der Waals surface area contributed by atoms with E-state index in [2.05, 4.69) is 135 Å². The van der Waals surface area contributed by atoms with Gasteiger partial charge in [-0.2, -0.15) is 0 Å². The molecule has 4 heteroatoms. The Kier molecular flexibility index (Phi) is 4.48. The van der Waals surface area contributed by atoms with Gasteiger partial charge in [-0.25, -0.2) is 0 Å². The molecule has 3 nitrogen and oxygen atoms in total. The first-order valence-corrected chi connectivity index (χ1v) is 15.2. The zero-order valence-electron chi connectivity index (χ0n) is 23.3. The minimum Gasteiger partial charge on any atom is -0.319 e. The van der Waals surface area contributed by atoms with Crippen molar-refractivity contribution in [1.82, 2.24) is 9.13 Å². The van der Waals surface area contributed by atoms with E-state index in [4.69, 9.17) is 0 Å². The molecule has 0 saturated heterocycles. The molecular formula is C38H28BN3. The second kappa shape index (κ2) is 8.30. The number of aromatic nitrogens is 2. The average Bonchev–Trinajstić information content (AvgIpc) is 3.58. The van der Waals surface area contributed by atoms with Crippen molar-refractivity contribution < 1.29 is 0 Å². The molecule has 3 aliphatic rings. The number of rotatable bonds is 2. The highest BCUT2D eigenvalue weighted by Gasteiger charge is 2.45. The van der Waals surface area contributed by atoms with E-state index in [1.165, 1.54) is 91.7 Å². The Hall–Kier alpha value is -4.96. The SMILES string of the molecule is c1ccc(N2c3cccc4c3B(c3cccc5c6c(n-4c35)CCCC6)c3c2c2ccccc2n3-c2ccccc2)cc1. The third kappa shape index (κ3) is 2.77. The Morgan fingerprint density at radius 2 is 1.24 bits per heavy atom. The lowest BCUT2D eigenvalue weighted by atomic mass is 9.35. The third-order valence-electron chi connectivity index (χ3n) is 9.88. The van der Waals surface area contributed by atoms with E-state index in [9.17, 15) is 0 Å². The van der Waals surface area contributed by atoms with E-state index in [-0.39, 0.29) is 6.71 Å². The fourth-order valence-corrected chi connectivity index (χ4v) is 8.35. The summed E-state index contributed by atoms with van der Waals surface area (Å²) in [5.74, 6) is 0. The molecule has 2 aliphatic heterocycles. The normalized spacial score (nSPS) is 14.7. The van der Waals surface area contributed by atoms with Crippen LogP contribution in [0.15, 0.2) is 121 Å². The number of benzene rings is 5. The summed E-state index contributed by atoms with van der Waals surface area (Å²) in [6.07, 6.45) is 4.86. The van der Waals surface area contributed by atoms with E-state index in [0.717, 1.165) is 6.42 Å². The molecule has 0 unspecified atom stereocenters. The zero-order chi connectivity index (χ0) is 27.4. The highest BCUT2D eigenvalue weighted by Crippen LogP contribution is 2.45. The molecule has 0 atom stereocenters.